The molecule has 0 aromatic carbocycles. The van der Waals surface area contributed by atoms with Crippen LogP contribution in [0.1, 0.15) is 27.2 Å². The quantitative estimate of drug-likeness (QED) is 0.393. The van der Waals surface area contributed by atoms with E-state index in [4.69, 9.17) is 15.4 Å². The molecule has 0 aliphatic carbocycles. The molecule has 5 heteroatoms. The van der Waals surface area contributed by atoms with Crippen molar-refractivity contribution in [1.29, 1.82) is 10.5 Å². The second kappa shape index (κ2) is 5.36. The van der Waals surface area contributed by atoms with E-state index in [1.807, 2.05) is 20.8 Å². The predicted octanol–water partition coefficient (Wildman–Crippen LogP) is 1.53. The standard InChI is InChI=1S/C7H11N3O.H3N/c1-4-7(2,3)11-10(5-8)6-9;/h4H2,1-3H3;1H3. The smallest absolute Gasteiger partial charge is 0.221 e. The molecule has 0 saturated carbocycles. The van der Waals surface area contributed by atoms with Crippen molar-refractivity contribution in [1.82, 2.24) is 11.2 Å². The number of hydrogen-bond donors (Lipinski definition) is 1. The third kappa shape index (κ3) is 4.51. The summed E-state index contributed by atoms with van der Waals surface area (Å²) in [5, 5.41) is 17.2. The maximum atomic E-state index is 8.31. The first kappa shape index (κ1) is 13.3. The lowest BCUT2D eigenvalue weighted by atomic mass is 10.1. The second-order valence-electron chi connectivity index (χ2n) is 2.70. The van der Waals surface area contributed by atoms with E-state index in [2.05, 4.69) is 0 Å². The Labute approximate surface area is 72.7 Å². The van der Waals surface area contributed by atoms with Crippen molar-refractivity contribution < 1.29 is 4.84 Å². The largest absolute Gasteiger partial charge is 0.344 e. The van der Waals surface area contributed by atoms with Gasteiger partial charge in [0.05, 0.1) is 5.60 Å². The fourth-order valence-electron chi connectivity index (χ4n) is 0.375. The summed E-state index contributed by atoms with van der Waals surface area (Å²) in [6, 6.07) is 0. The molecule has 12 heavy (non-hydrogen) atoms. The minimum Gasteiger partial charge on any atom is -0.344 e. The van der Waals surface area contributed by atoms with Gasteiger partial charge in [-0.1, -0.05) is 12.0 Å². The van der Waals surface area contributed by atoms with Gasteiger partial charge in [-0.05, 0) is 20.3 Å². The molecular weight excluding hydrogens is 156 g/mol. The highest BCUT2D eigenvalue weighted by Gasteiger charge is 2.19. The molecule has 0 rings (SSSR count). The zero-order valence-corrected chi connectivity index (χ0v) is 7.66. The molecule has 0 fully saturated rings. The molecular formula is C7H14N4O. The van der Waals surface area contributed by atoms with E-state index < -0.39 is 5.60 Å². The van der Waals surface area contributed by atoms with E-state index in [0.717, 1.165) is 6.42 Å². The van der Waals surface area contributed by atoms with Gasteiger partial charge in [0.2, 0.25) is 12.4 Å². The van der Waals surface area contributed by atoms with Gasteiger partial charge in [-0.15, -0.1) is 0 Å². The van der Waals surface area contributed by atoms with Crippen LogP contribution in [0.15, 0.2) is 0 Å². The summed E-state index contributed by atoms with van der Waals surface area (Å²) < 4.78 is 0. The van der Waals surface area contributed by atoms with Gasteiger partial charge < -0.3 is 6.15 Å². The van der Waals surface area contributed by atoms with Crippen LogP contribution in [0.3, 0.4) is 0 Å². The van der Waals surface area contributed by atoms with Crippen LogP contribution < -0.4 is 6.15 Å². The van der Waals surface area contributed by atoms with E-state index in [9.17, 15) is 0 Å². The molecule has 0 aliphatic heterocycles. The van der Waals surface area contributed by atoms with Gasteiger partial charge in [-0.25, -0.2) is 4.84 Å². The highest BCUT2D eigenvalue weighted by Crippen LogP contribution is 2.14. The average Bonchev–Trinajstić information content (AvgIpc) is 2.00. The Kier molecular flexibility index (Phi) is 5.94. The number of nitrogens with zero attached hydrogens (tertiary/aromatic N) is 3. The van der Waals surface area contributed by atoms with Gasteiger partial charge in [-0.2, -0.15) is 10.5 Å². The van der Waals surface area contributed by atoms with Gasteiger partial charge in [-0.3, -0.25) is 0 Å². The Balaban J connectivity index is 0. The molecule has 0 saturated heterocycles. The minimum absolute atomic E-state index is 0. The SMILES string of the molecule is CCC(C)(C)ON(C#N)C#N.N. The van der Waals surface area contributed by atoms with E-state index in [0.29, 0.717) is 5.06 Å². The van der Waals surface area contributed by atoms with Gasteiger partial charge in [0.25, 0.3) is 0 Å². The topological polar surface area (TPSA) is 95.0 Å². The van der Waals surface area contributed by atoms with Gasteiger partial charge in [0, 0.05) is 0 Å². The van der Waals surface area contributed by atoms with E-state index in [1.165, 1.54) is 0 Å². The van der Waals surface area contributed by atoms with E-state index in [-0.39, 0.29) is 6.15 Å². The van der Waals surface area contributed by atoms with Crippen molar-refractivity contribution >= 4 is 0 Å². The van der Waals surface area contributed by atoms with Crippen molar-refractivity contribution in [3.63, 3.8) is 0 Å². The molecule has 0 unspecified atom stereocenters. The summed E-state index contributed by atoms with van der Waals surface area (Å²) >= 11 is 0. The number of hydrogen-bond acceptors (Lipinski definition) is 5. The Bertz CT molecular complexity index is 186. The Morgan fingerprint density at radius 3 is 2.00 bits per heavy atom. The van der Waals surface area contributed by atoms with E-state index >= 15 is 0 Å². The van der Waals surface area contributed by atoms with Gasteiger partial charge >= 0.3 is 0 Å². The fraction of sp³-hybridized carbons (Fsp3) is 0.714. The fourth-order valence-corrected chi connectivity index (χ4v) is 0.375. The summed E-state index contributed by atoms with van der Waals surface area (Å²) in [6.45, 7) is 5.55. The third-order valence-electron chi connectivity index (χ3n) is 1.37. The number of hydroxylamine groups is 2. The maximum absolute atomic E-state index is 8.31. The Hall–Kier alpha value is -1.30. The zero-order chi connectivity index (χ0) is 8.91. The van der Waals surface area contributed by atoms with Crippen molar-refractivity contribution in [2.45, 2.75) is 32.8 Å². The van der Waals surface area contributed by atoms with Crippen molar-refractivity contribution in [2.75, 3.05) is 0 Å². The second-order valence-corrected chi connectivity index (χ2v) is 2.70. The molecule has 0 aliphatic rings. The number of nitriles is 2. The molecule has 0 amide bonds. The molecule has 3 N–H and O–H groups in total. The lowest BCUT2D eigenvalue weighted by Gasteiger charge is -2.23. The summed E-state index contributed by atoms with van der Waals surface area (Å²) in [6.07, 6.45) is 3.93. The van der Waals surface area contributed by atoms with Crippen LogP contribution in [0.4, 0.5) is 0 Å². The van der Waals surface area contributed by atoms with Crippen LogP contribution in [0.5, 0.6) is 0 Å². The van der Waals surface area contributed by atoms with Crippen LogP contribution in [0.25, 0.3) is 0 Å². The monoisotopic (exact) mass is 170 g/mol. The van der Waals surface area contributed by atoms with Gasteiger partial charge in [0.1, 0.15) is 0 Å². The zero-order valence-electron chi connectivity index (χ0n) is 7.66. The maximum Gasteiger partial charge on any atom is 0.221 e. The van der Waals surface area contributed by atoms with Crippen LogP contribution in [0, 0.1) is 22.9 Å². The van der Waals surface area contributed by atoms with Crippen LogP contribution in [-0.2, 0) is 4.84 Å². The molecule has 68 valence electrons. The lowest BCUT2D eigenvalue weighted by Crippen LogP contribution is -2.30. The van der Waals surface area contributed by atoms with Crippen molar-refractivity contribution in [3.8, 4) is 12.4 Å². The molecule has 0 atom stereocenters. The number of rotatable bonds is 3. The third-order valence-corrected chi connectivity index (χ3v) is 1.37. The van der Waals surface area contributed by atoms with Gasteiger partial charge in [0.15, 0.2) is 0 Å². The van der Waals surface area contributed by atoms with Crippen molar-refractivity contribution in [2.24, 2.45) is 0 Å². The first-order valence-electron chi connectivity index (χ1n) is 3.34. The summed E-state index contributed by atoms with van der Waals surface area (Å²) in [4.78, 5) is 5.00. The van der Waals surface area contributed by atoms with Crippen LogP contribution in [0.2, 0.25) is 0 Å². The van der Waals surface area contributed by atoms with E-state index in [1.54, 1.807) is 12.4 Å². The lowest BCUT2D eigenvalue weighted by molar-refractivity contribution is -0.167. The molecule has 0 aromatic heterocycles. The van der Waals surface area contributed by atoms with Crippen LogP contribution in [-0.4, -0.2) is 10.7 Å². The average molecular weight is 170 g/mol. The summed E-state index contributed by atoms with van der Waals surface area (Å²) in [5.41, 5.74) is -0.453. The van der Waals surface area contributed by atoms with Crippen molar-refractivity contribution in [3.05, 3.63) is 0 Å². The Morgan fingerprint density at radius 1 is 1.33 bits per heavy atom. The first-order valence-corrected chi connectivity index (χ1v) is 3.34. The highest BCUT2D eigenvalue weighted by atomic mass is 16.7. The Morgan fingerprint density at radius 2 is 1.75 bits per heavy atom. The molecule has 0 spiro atoms. The first-order chi connectivity index (χ1) is 5.05. The minimum atomic E-state index is -0.453. The normalized spacial score (nSPS) is 9.08. The van der Waals surface area contributed by atoms with Crippen LogP contribution >= 0.6 is 0 Å². The molecule has 5 nitrogen and oxygen atoms in total. The predicted molar refractivity (Wildman–Crippen MR) is 43.5 cm³/mol. The summed E-state index contributed by atoms with van der Waals surface area (Å²) in [5.74, 6) is 0. The molecule has 0 heterocycles. The highest BCUT2D eigenvalue weighted by molar-refractivity contribution is 4.80. The molecule has 0 bridgehead atoms. The molecule has 0 radical (unpaired) electrons. The molecule has 0 aromatic rings. The summed E-state index contributed by atoms with van der Waals surface area (Å²) in [7, 11) is 0.